The largest absolute Gasteiger partial charge is 0.348 e. The molecule has 0 spiro atoms. The average Bonchev–Trinajstić information content (AvgIpc) is 2.66. The van der Waals surface area contributed by atoms with Gasteiger partial charge in [-0.1, -0.05) is 29.3 Å². The van der Waals surface area contributed by atoms with Crippen molar-refractivity contribution < 1.29 is 4.79 Å². The molecular formula is C12H13Cl3N2OS. The van der Waals surface area contributed by atoms with Gasteiger partial charge in [0, 0.05) is 27.7 Å². The summed E-state index contributed by atoms with van der Waals surface area (Å²) < 4.78 is 0.901. The highest BCUT2D eigenvalue weighted by Crippen LogP contribution is 2.36. The van der Waals surface area contributed by atoms with Gasteiger partial charge in [0.1, 0.15) is 4.88 Å². The van der Waals surface area contributed by atoms with Crippen molar-refractivity contribution in [3.8, 4) is 0 Å². The minimum Gasteiger partial charge on any atom is -0.348 e. The topological polar surface area (TPSA) is 55.1 Å². The summed E-state index contributed by atoms with van der Waals surface area (Å²) in [6.45, 7) is 2.23. The second-order valence-corrected chi connectivity index (χ2v) is 5.86. The SMILES string of the molecule is C[C@@H](CN)NC(=O)c1sc2cc(Cl)ccc2c1Cl.Cl. The zero-order valence-corrected chi connectivity index (χ0v) is 13.2. The molecule has 2 rings (SSSR count). The Balaban J connectivity index is 0.00000180. The van der Waals surface area contributed by atoms with Crippen LogP contribution in [0.4, 0.5) is 0 Å². The fourth-order valence-electron chi connectivity index (χ4n) is 1.53. The third-order valence-electron chi connectivity index (χ3n) is 2.53. The Labute approximate surface area is 131 Å². The van der Waals surface area contributed by atoms with Crippen LogP contribution in [-0.4, -0.2) is 18.5 Å². The maximum absolute atomic E-state index is 12.0. The quantitative estimate of drug-likeness (QED) is 0.895. The van der Waals surface area contributed by atoms with Gasteiger partial charge in [-0.3, -0.25) is 4.79 Å². The molecule has 0 aliphatic rings. The van der Waals surface area contributed by atoms with Crippen LogP contribution < -0.4 is 11.1 Å². The van der Waals surface area contributed by atoms with Crippen LogP contribution in [0.15, 0.2) is 18.2 Å². The van der Waals surface area contributed by atoms with Gasteiger partial charge in [0.05, 0.1) is 5.02 Å². The summed E-state index contributed by atoms with van der Waals surface area (Å²) in [4.78, 5) is 12.5. The number of benzene rings is 1. The van der Waals surface area contributed by atoms with Gasteiger partial charge in [-0.2, -0.15) is 0 Å². The number of carbonyl (C=O) groups is 1. The molecule has 0 unspecified atom stereocenters. The van der Waals surface area contributed by atoms with Crippen molar-refractivity contribution in [3.63, 3.8) is 0 Å². The lowest BCUT2D eigenvalue weighted by atomic mass is 10.2. The van der Waals surface area contributed by atoms with E-state index in [9.17, 15) is 4.79 Å². The maximum atomic E-state index is 12.0. The van der Waals surface area contributed by atoms with Crippen molar-refractivity contribution in [3.05, 3.63) is 33.1 Å². The van der Waals surface area contributed by atoms with Gasteiger partial charge in [0.15, 0.2) is 0 Å². The summed E-state index contributed by atoms with van der Waals surface area (Å²) in [6.07, 6.45) is 0. The molecule has 3 nitrogen and oxygen atoms in total. The minimum absolute atomic E-state index is 0. The van der Waals surface area contributed by atoms with Crippen molar-refractivity contribution in [2.45, 2.75) is 13.0 Å². The van der Waals surface area contributed by atoms with E-state index in [2.05, 4.69) is 5.32 Å². The molecule has 0 radical (unpaired) electrons. The van der Waals surface area contributed by atoms with E-state index >= 15 is 0 Å². The number of carbonyl (C=O) groups excluding carboxylic acids is 1. The normalized spacial score (nSPS) is 12.0. The van der Waals surface area contributed by atoms with E-state index in [-0.39, 0.29) is 24.4 Å². The number of halogens is 3. The second-order valence-electron chi connectivity index (χ2n) is 4.00. The summed E-state index contributed by atoms with van der Waals surface area (Å²) in [7, 11) is 0. The molecular weight excluding hydrogens is 327 g/mol. The number of amides is 1. The van der Waals surface area contributed by atoms with Crippen LogP contribution >= 0.6 is 46.9 Å². The smallest absolute Gasteiger partial charge is 0.263 e. The van der Waals surface area contributed by atoms with Crippen molar-refractivity contribution in [1.82, 2.24) is 5.32 Å². The molecule has 0 bridgehead atoms. The van der Waals surface area contributed by atoms with Crippen LogP contribution in [-0.2, 0) is 0 Å². The molecule has 1 heterocycles. The summed E-state index contributed by atoms with van der Waals surface area (Å²) in [5.74, 6) is -0.199. The van der Waals surface area contributed by atoms with Gasteiger partial charge in [-0.05, 0) is 19.1 Å². The van der Waals surface area contributed by atoms with Gasteiger partial charge in [0.25, 0.3) is 5.91 Å². The number of hydrogen-bond acceptors (Lipinski definition) is 3. The van der Waals surface area contributed by atoms with Crippen molar-refractivity contribution in [2.75, 3.05) is 6.54 Å². The Morgan fingerprint density at radius 3 is 2.79 bits per heavy atom. The summed E-state index contributed by atoms with van der Waals surface area (Å²) in [5.41, 5.74) is 5.47. The Morgan fingerprint density at radius 2 is 2.16 bits per heavy atom. The van der Waals surface area contributed by atoms with Crippen molar-refractivity contribution >= 4 is 62.9 Å². The molecule has 7 heteroatoms. The molecule has 0 aliphatic carbocycles. The number of fused-ring (bicyclic) bond motifs is 1. The predicted octanol–water partition coefficient (Wildman–Crippen LogP) is 3.71. The third-order valence-corrected chi connectivity index (χ3v) is 4.42. The highest BCUT2D eigenvalue weighted by Gasteiger charge is 2.18. The van der Waals surface area contributed by atoms with Crippen LogP contribution in [0.25, 0.3) is 10.1 Å². The van der Waals surface area contributed by atoms with E-state index in [1.807, 2.05) is 13.0 Å². The summed E-state index contributed by atoms with van der Waals surface area (Å²) in [5, 5.41) is 4.73. The maximum Gasteiger partial charge on any atom is 0.263 e. The minimum atomic E-state index is -0.199. The van der Waals surface area contributed by atoms with E-state index in [0.29, 0.717) is 21.5 Å². The molecule has 1 aromatic heterocycles. The Morgan fingerprint density at radius 1 is 1.47 bits per heavy atom. The Kier molecular flexibility index (Phi) is 5.89. The van der Waals surface area contributed by atoms with Crippen LogP contribution in [0.3, 0.4) is 0 Å². The van der Waals surface area contributed by atoms with Crippen molar-refractivity contribution in [1.29, 1.82) is 0 Å². The first-order valence-corrected chi connectivity index (χ1v) is 6.98. The van der Waals surface area contributed by atoms with E-state index in [0.717, 1.165) is 10.1 Å². The molecule has 104 valence electrons. The summed E-state index contributed by atoms with van der Waals surface area (Å²) >= 11 is 13.4. The number of nitrogens with one attached hydrogen (secondary N) is 1. The van der Waals surface area contributed by atoms with Gasteiger partial charge in [-0.25, -0.2) is 0 Å². The zero-order valence-electron chi connectivity index (χ0n) is 10.1. The van der Waals surface area contributed by atoms with Crippen LogP contribution in [0.5, 0.6) is 0 Å². The van der Waals surface area contributed by atoms with E-state index in [1.165, 1.54) is 11.3 Å². The molecule has 0 fully saturated rings. The first-order chi connectivity index (χ1) is 8.52. The van der Waals surface area contributed by atoms with Crippen LogP contribution in [0.2, 0.25) is 10.0 Å². The van der Waals surface area contributed by atoms with Gasteiger partial charge < -0.3 is 11.1 Å². The third kappa shape index (κ3) is 3.52. The fourth-order valence-corrected chi connectivity index (χ4v) is 3.23. The predicted molar refractivity (Wildman–Crippen MR) is 85.1 cm³/mol. The number of nitrogens with two attached hydrogens (primary N) is 1. The second kappa shape index (κ2) is 6.77. The monoisotopic (exact) mass is 338 g/mol. The molecule has 0 saturated carbocycles. The van der Waals surface area contributed by atoms with Gasteiger partial charge >= 0.3 is 0 Å². The number of thiophene rings is 1. The average molecular weight is 340 g/mol. The molecule has 3 N–H and O–H groups in total. The first-order valence-electron chi connectivity index (χ1n) is 5.41. The Bertz CT molecular complexity index is 600. The van der Waals surface area contributed by atoms with E-state index in [4.69, 9.17) is 28.9 Å². The van der Waals surface area contributed by atoms with Gasteiger partial charge in [0.2, 0.25) is 0 Å². The van der Waals surface area contributed by atoms with Crippen molar-refractivity contribution in [2.24, 2.45) is 5.73 Å². The molecule has 0 saturated heterocycles. The lowest BCUT2D eigenvalue weighted by Crippen LogP contribution is -2.37. The molecule has 19 heavy (non-hydrogen) atoms. The van der Waals surface area contributed by atoms with E-state index in [1.54, 1.807) is 12.1 Å². The van der Waals surface area contributed by atoms with Gasteiger partial charge in [-0.15, -0.1) is 23.7 Å². The lowest BCUT2D eigenvalue weighted by molar-refractivity contribution is 0.0945. The van der Waals surface area contributed by atoms with Crippen LogP contribution in [0, 0.1) is 0 Å². The number of hydrogen-bond donors (Lipinski definition) is 2. The fraction of sp³-hybridized carbons (Fsp3) is 0.250. The number of rotatable bonds is 3. The molecule has 2 aromatic rings. The lowest BCUT2D eigenvalue weighted by Gasteiger charge is -2.09. The molecule has 1 atom stereocenters. The summed E-state index contributed by atoms with van der Waals surface area (Å²) in [6, 6.07) is 5.30. The molecule has 1 aromatic carbocycles. The molecule has 0 aliphatic heterocycles. The zero-order chi connectivity index (χ0) is 13.3. The standard InChI is InChI=1S/C12H12Cl2N2OS.ClH/c1-6(5-15)16-12(17)11-10(14)8-3-2-7(13)4-9(8)18-11;/h2-4,6H,5,15H2,1H3,(H,16,17);1H/t6-;/m0./s1. The Hall–Kier alpha value is -0.520. The van der Waals surface area contributed by atoms with Crippen LogP contribution in [0.1, 0.15) is 16.6 Å². The highest BCUT2D eigenvalue weighted by atomic mass is 35.5. The van der Waals surface area contributed by atoms with E-state index < -0.39 is 0 Å². The molecule has 1 amide bonds. The first kappa shape index (κ1) is 16.5. The highest BCUT2D eigenvalue weighted by molar-refractivity contribution is 7.21.